The van der Waals surface area contributed by atoms with Crippen molar-refractivity contribution in [3.05, 3.63) is 29.8 Å². The first-order chi connectivity index (χ1) is 10.3. The minimum absolute atomic E-state index is 0.238. The molecule has 3 rings (SSSR count). The molecule has 0 bridgehead atoms. The topological polar surface area (TPSA) is 29.5 Å². The fourth-order valence-electron chi connectivity index (χ4n) is 3.98. The van der Waals surface area contributed by atoms with Crippen LogP contribution in [0.5, 0.6) is 5.75 Å². The van der Waals surface area contributed by atoms with Crippen LogP contribution in [-0.4, -0.2) is 36.9 Å². The van der Waals surface area contributed by atoms with Gasteiger partial charge in [-0.1, -0.05) is 12.8 Å². The van der Waals surface area contributed by atoms with Crippen LogP contribution in [0.15, 0.2) is 24.3 Å². The van der Waals surface area contributed by atoms with Crippen molar-refractivity contribution >= 4 is 5.78 Å². The van der Waals surface area contributed by atoms with Crippen LogP contribution < -0.4 is 4.74 Å². The van der Waals surface area contributed by atoms with E-state index in [0.717, 1.165) is 23.8 Å². The first kappa shape index (κ1) is 14.6. The zero-order valence-electron chi connectivity index (χ0n) is 12.9. The van der Waals surface area contributed by atoms with Crippen LogP contribution in [0.3, 0.4) is 0 Å². The van der Waals surface area contributed by atoms with Gasteiger partial charge in [0.15, 0.2) is 5.78 Å². The molecule has 1 aromatic carbocycles. The Kier molecular flexibility index (Phi) is 4.59. The Balaban J connectivity index is 1.62. The average Bonchev–Trinajstić information content (AvgIpc) is 3.18. The molecule has 21 heavy (non-hydrogen) atoms. The van der Waals surface area contributed by atoms with Gasteiger partial charge in [0, 0.05) is 11.6 Å². The molecule has 3 nitrogen and oxygen atoms in total. The van der Waals surface area contributed by atoms with Gasteiger partial charge in [-0.15, -0.1) is 0 Å². The standard InChI is InChI=1S/C18H25NO2/c1-21-16-10-8-15(9-11-16)18(20)13-19-12-4-7-17(19)14-5-2-3-6-14/h8-11,14,17H,2-7,12-13H2,1H3. The van der Waals surface area contributed by atoms with Crippen molar-refractivity contribution in [2.75, 3.05) is 20.2 Å². The molecule has 0 amide bonds. The quantitative estimate of drug-likeness (QED) is 0.776. The number of carbonyl (C=O) groups is 1. The van der Waals surface area contributed by atoms with Gasteiger partial charge in [-0.2, -0.15) is 0 Å². The molecule has 1 saturated carbocycles. The van der Waals surface area contributed by atoms with Crippen LogP contribution in [0.1, 0.15) is 48.9 Å². The molecule has 0 aromatic heterocycles. The molecule has 1 atom stereocenters. The first-order valence-corrected chi connectivity index (χ1v) is 8.19. The van der Waals surface area contributed by atoms with Crippen LogP contribution in [0.25, 0.3) is 0 Å². The minimum Gasteiger partial charge on any atom is -0.497 e. The maximum Gasteiger partial charge on any atom is 0.176 e. The van der Waals surface area contributed by atoms with E-state index in [1.54, 1.807) is 7.11 Å². The molecule has 0 spiro atoms. The SMILES string of the molecule is COc1ccc(C(=O)CN2CCCC2C2CCCC2)cc1. The van der Waals surface area contributed by atoms with Gasteiger partial charge in [-0.05, 0) is 62.4 Å². The molecule has 2 aliphatic rings. The summed E-state index contributed by atoms with van der Waals surface area (Å²) in [6.45, 7) is 1.66. The van der Waals surface area contributed by atoms with Crippen LogP contribution >= 0.6 is 0 Å². The van der Waals surface area contributed by atoms with E-state index in [2.05, 4.69) is 4.90 Å². The van der Waals surface area contributed by atoms with Crippen molar-refractivity contribution < 1.29 is 9.53 Å². The maximum atomic E-state index is 12.5. The summed E-state index contributed by atoms with van der Waals surface area (Å²) >= 11 is 0. The number of ether oxygens (including phenoxy) is 1. The molecule has 2 fully saturated rings. The summed E-state index contributed by atoms with van der Waals surface area (Å²) in [5.74, 6) is 1.87. The summed E-state index contributed by atoms with van der Waals surface area (Å²) in [6, 6.07) is 8.13. The first-order valence-electron chi connectivity index (χ1n) is 8.19. The van der Waals surface area contributed by atoms with Gasteiger partial charge in [-0.3, -0.25) is 9.69 Å². The van der Waals surface area contributed by atoms with Crippen LogP contribution in [0.4, 0.5) is 0 Å². The second-order valence-corrected chi connectivity index (χ2v) is 6.38. The van der Waals surface area contributed by atoms with E-state index >= 15 is 0 Å². The zero-order valence-corrected chi connectivity index (χ0v) is 12.9. The van der Waals surface area contributed by atoms with Crippen LogP contribution in [-0.2, 0) is 0 Å². The fraction of sp³-hybridized carbons (Fsp3) is 0.611. The van der Waals surface area contributed by atoms with E-state index in [1.807, 2.05) is 24.3 Å². The van der Waals surface area contributed by atoms with Crippen LogP contribution in [0, 0.1) is 5.92 Å². The van der Waals surface area contributed by atoms with Gasteiger partial charge >= 0.3 is 0 Å². The van der Waals surface area contributed by atoms with Gasteiger partial charge in [0.2, 0.25) is 0 Å². The number of benzene rings is 1. The van der Waals surface area contributed by atoms with E-state index < -0.39 is 0 Å². The molecule has 0 radical (unpaired) electrons. The molecule has 1 aliphatic carbocycles. The Labute approximate surface area is 127 Å². The van der Waals surface area contributed by atoms with Crippen molar-refractivity contribution in [2.45, 2.75) is 44.6 Å². The van der Waals surface area contributed by atoms with Crippen molar-refractivity contribution in [3.63, 3.8) is 0 Å². The predicted octanol–water partition coefficient (Wildman–Crippen LogP) is 3.53. The van der Waals surface area contributed by atoms with Crippen molar-refractivity contribution in [3.8, 4) is 5.75 Å². The lowest BCUT2D eigenvalue weighted by molar-refractivity contribution is 0.0896. The van der Waals surface area contributed by atoms with Gasteiger partial charge in [0.05, 0.1) is 13.7 Å². The Morgan fingerprint density at radius 3 is 2.52 bits per heavy atom. The number of hydrogen-bond acceptors (Lipinski definition) is 3. The Morgan fingerprint density at radius 2 is 1.86 bits per heavy atom. The normalized spacial score (nSPS) is 23.6. The van der Waals surface area contributed by atoms with Gasteiger partial charge < -0.3 is 4.74 Å². The smallest absolute Gasteiger partial charge is 0.176 e. The van der Waals surface area contributed by atoms with Crippen molar-refractivity contribution in [2.24, 2.45) is 5.92 Å². The lowest BCUT2D eigenvalue weighted by Crippen LogP contribution is -2.38. The molecule has 114 valence electrons. The predicted molar refractivity (Wildman–Crippen MR) is 83.9 cm³/mol. The summed E-state index contributed by atoms with van der Waals surface area (Å²) in [4.78, 5) is 14.9. The summed E-state index contributed by atoms with van der Waals surface area (Å²) in [5.41, 5.74) is 0.799. The third kappa shape index (κ3) is 3.29. The van der Waals surface area contributed by atoms with Crippen molar-refractivity contribution in [1.82, 2.24) is 4.90 Å². The summed E-state index contributed by atoms with van der Waals surface area (Å²) in [7, 11) is 1.65. The van der Waals surface area contributed by atoms with E-state index in [9.17, 15) is 4.79 Å². The minimum atomic E-state index is 0.238. The molecule has 3 heteroatoms. The Morgan fingerprint density at radius 1 is 1.14 bits per heavy atom. The van der Waals surface area contributed by atoms with Gasteiger partial charge in [0.1, 0.15) is 5.75 Å². The van der Waals surface area contributed by atoms with Gasteiger partial charge in [-0.25, -0.2) is 0 Å². The highest BCUT2D eigenvalue weighted by molar-refractivity contribution is 5.97. The monoisotopic (exact) mass is 287 g/mol. The molecule has 1 aromatic rings. The molecule has 1 heterocycles. The highest BCUT2D eigenvalue weighted by Gasteiger charge is 2.34. The second-order valence-electron chi connectivity index (χ2n) is 6.38. The third-order valence-corrected chi connectivity index (χ3v) is 5.12. The highest BCUT2D eigenvalue weighted by atomic mass is 16.5. The largest absolute Gasteiger partial charge is 0.497 e. The number of rotatable bonds is 5. The molecule has 1 aliphatic heterocycles. The zero-order chi connectivity index (χ0) is 14.7. The number of hydrogen-bond donors (Lipinski definition) is 0. The fourth-order valence-corrected chi connectivity index (χ4v) is 3.98. The molecular weight excluding hydrogens is 262 g/mol. The molecule has 1 unspecified atom stereocenters. The number of Topliss-reactive ketones (excluding diaryl/α,β-unsaturated/α-hetero) is 1. The lowest BCUT2D eigenvalue weighted by Gasteiger charge is -2.28. The highest BCUT2D eigenvalue weighted by Crippen LogP contribution is 2.35. The van der Waals surface area contributed by atoms with E-state index in [1.165, 1.54) is 38.5 Å². The second kappa shape index (κ2) is 6.61. The van der Waals surface area contributed by atoms with E-state index in [4.69, 9.17) is 4.74 Å². The van der Waals surface area contributed by atoms with E-state index in [0.29, 0.717) is 12.6 Å². The number of ketones is 1. The number of nitrogens with zero attached hydrogens (tertiary/aromatic N) is 1. The van der Waals surface area contributed by atoms with Gasteiger partial charge in [0.25, 0.3) is 0 Å². The molecule has 0 N–H and O–H groups in total. The Bertz CT molecular complexity index is 476. The number of carbonyl (C=O) groups excluding carboxylic acids is 1. The van der Waals surface area contributed by atoms with Crippen molar-refractivity contribution in [1.29, 1.82) is 0 Å². The molecular formula is C18H25NO2. The average molecular weight is 287 g/mol. The third-order valence-electron chi connectivity index (χ3n) is 5.12. The number of methoxy groups -OCH3 is 1. The Hall–Kier alpha value is -1.35. The number of likely N-dealkylation sites (tertiary alicyclic amines) is 1. The van der Waals surface area contributed by atoms with Crippen LogP contribution in [0.2, 0.25) is 0 Å². The summed E-state index contributed by atoms with van der Waals surface area (Å²) < 4.78 is 5.15. The van der Waals surface area contributed by atoms with E-state index in [-0.39, 0.29) is 5.78 Å². The summed E-state index contributed by atoms with van der Waals surface area (Å²) in [5, 5.41) is 0. The summed E-state index contributed by atoms with van der Waals surface area (Å²) in [6.07, 6.45) is 8.00. The maximum absolute atomic E-state index is 12.5. The lowest BCUT2D eigenvalue weighted by atomic mass is 9.95. The molecule has 1 saturated heterocycles.